The predicted octanol–water partition coefficient (Wildman–Crippen LogP) is 2.60. The zero-order chi connectivity index (χ0) is 14.7. The van der Waals surface area contributed by atoms with Gasteiger partial charge in [0.2, 0.25) is 0 Å². The second kappa shape index (κ2) is 6.16. The van der Waals surface area contributed by atoms with E-state index in [2.05, 4.69) is 11.8 Å². The van der Waals surface area contributed by atoms with E-state index < -0.39 is 0 Å². The molecule has 0 spiro atoms. The van der Waals surface area contributed by atoms with Gasteiger partial charge >= 0.3 is 0 Å². The van der Waals surface area contributed by atoms with Gasteiger partial charge < -0.3 is 15.5 Å². The summed E-state index contributed by atoms with van der Waals surface area (Å²) in [6, 6.07) is 5.59. The SMILES string of the molecule is CC1CCCN(c2cc(C(=O)N(C)C)ccc2N)CC1. The minimum atomic E-state index is 0.0226. The lowest BCUT2D eigenvalue weighted by atomic mass is 10.0. The van der Waals surface area contributed by atoms with Gasteiger partial charge in [0.05, 0.1) is 11.4 Å². The highest BCUT2D eigenvalue weighted by Crippen LogP contribution is 2.28. The Morgan fingerprint density at radius 3 is 2.75 bits per heavy atom. The first-order chi connectivity index (χ1) is 9.49. The quantitative estimate of drug-likeness (QED) is 0.844. The summed E-state index contributed by atoms with van der Waals surface area (Å²) in [5, 5.41) is 0. The molecule has 110 valence electrons. The van der Waals surface area contributed by atoms with E-state index in [-0.39, 0.29) is 5.91 Å². The highest BCUT2D eigenvalue weighted by Gasteiger charge is 2.18. The monoisotopic (exact) mass is 275 g/mol. The molecule has 2 rings (SSSR count). The van der Waals surface area contributed by atoms with Crippen molar-refractivity contribution in [3.8, 4) is 0 Å². The molecular weight excluding hydrogens is 250 g/mol. The van der Waals surface area contributed by atoms with Crippen LogP contribution in [0.5, 0.6) is 0 Å². The number of benzene rings is 1. The molecule has 2 N–H and O–H groups in total. The molecule has 0 aliphatic carbocycles. The van der Waals surface area contributed by atoms with Gasteiger partial charge in [-0.05, 0) is 43.4 Å². The molecule has 0 saturated carbocycles. The number of carbonyl (C=O) groups is 1. The van der Waals surface area contributed by atoms with E-state index >= 15 is 0 Å². The minimum Gasteiger partial charge on any atom is -0.397 e. The number of hydrogen-bond acceptors (Lipinski definition) is 3. The summed E-state index contributed by atoms with van der Waals surface area (Å²) in [6.45, 7) is 4.35. The van der Waals surface area contributed by atoms with Crippen LogP contribution in [0.2, 0.25) is 0 Å². The molecule has 1 amide bonds. The number of rotatable bonds is 2. The molecule has 1 atom stereocenters. The fourth-order valence-corrected chi connectivity index (χ4v) is 2.71. The van der Waals surface area contributed by atoms with Crippen LogP contribution in [0.4, 0.5) is 11.4 Å². The van der Waals surface area contributed by atoms with Crippen molar-refractivity contribution in [2.75, 3.05) is 37.8 Å². The molecule has 1 aliphatic rings. The third kappa shape index (κ3) is 3.24. The molecule has 0 bridgehead atoms. The zero-order valence-electron chi connectivity index (χ0n) is 12.7. The maximum atomic E-state index is 12.1. The highest BCUT2D eigenvalue weighted by molar-refractivity contribution is 5.96. The Balaban J connectivity index is 2.26. The van der Waals surface area contributed by atoms with E-state index in [1.165, 1.54) is 19.3 Å². The molecule has 4 heteroatoms. The molecule has 4 nitrogen and oxygen atoms in total. The zero-order valence-corrected chi connectivity index (χ0v) is 12.7. The molecule has 20 heavy (non-hydrogen) atoms. The van der Waals surface area contributed by atoms with Crippen LogP contribution in [0, 0.1) is 5.92 Å². The van der Waals surface area contributed by atoms with Crippen LogP contribution in [0.15, 0.2) is 18.2 Å². The molecule has 1 aromatic rings. The van der Waals surface area contributed by atoms with Crippen molar-refractivity contribution in [3.63, 3.8) is 0 Å². The van der Waals surface area contributed by atoms with Crippen molar-refractivity contribution < 1.29 is 4.79 Å². The number of amides is 1. The number of anilines is 2. The van der Waals surface area contributed by atoms with Crippen molar-refractivity contribution in [2.24, 2.45) is 5.92 Å². The topological polar surface area (TPSA) is 49.6 Å². The lowest BCUT2D eigenvalue weighted by molar-refractivity contribution is 0.0827. The Labute approximate surface area is 121 Å². The molecule has 0 aromatic heterocycles. The van der Waals surface area contributed by atoms with E-state index in [0.29, 0.717) is 5.56 Å². The van der Waals surface area contributed by atoms with E-state index in [1.807, 2.05) is 18.2 Å². The lowest BCUT2D eigenvalue weighted by Gasteiger charge is -2.25. The summed E-state index contributed by atoms with van der Waals surface area (Å²) in [6.07, 6.45) is 3.64. The van der Waals surface area contributed by atoms with Crippen LogP contribution < -0.4 is 10.6 Å². The second-order valence-corrected chi connectivity index (χ2v) is 6.00. The smallest absolute Gasteiger partial charge is 0.253 e. The van der Waals surface area contributed by atoms with E-state index in [9.17, 15) is 4.79 Å². The van der Waals surface area contributed by atoms with Crippen LogP contribution in [0.1, 0.15) is 36.5 Å². The number of nitrogens with zero attached hydrogens (tertiary/aromatic N) is 2. The Bertz CT molecular complexity index is 485. The fourth-order valence-electron chi connectivity index (χ4n) is 2.71. The van der Waals surface area contributed by atoms with Gasteiger partial charge in [0.15, 0.2) is 0 Å². The number of carbonyl (C=O) groups excluding carboxylic acids is 1. The Kier molecular flexibility index (Phi) is 4.53. The number of nitrogens with two attached hydrogens (primary N) is 1. The standard InChI is InChI=1S/C16H25N3O/c1-12-5-4-9-19(10-8-12)15-11-13(6-7-14(15)17)16(20)18(2)3/h6-7,11-12H,4-5,8-10,17H2,1-3H3. The van der Waals surface area contributed by atoms with Crippen molar-refractivity contribution in [1.82, 2.24) is 4.90 Å². The van der Waals surface area contributed by atoms with Gasteiger partial charge in [-0.25, -0.2) is 0 Å². The molecule has 0 radical (unpaired) electrons. The van der Waals surface area contributed by atoms with Crippen LogP contribution in [0.25, 0.3) is 0 Å². The molecule has 1 fully saturated rings. The highest BCUT2D eigenvalue weighted by atomic mass is 16.2. The van der Waals surface area contributed by atoms with E-state index in [1.54, 1.807) is 19.0 Å². The van der Waals surface area contributed by atoms with Crippen LogP contribution >= 0.6 is 0 Å². The van der Waals surface area contributed by atoms with Crippen molar-refractivity contribution in [2.45, 2.75) is 26.2 Å². The van der Waals surface area contributed by atoms with Crippen LogP contribution in [-0.4, -0.2) is 38.0 Å². The first kappa shape index (κ1) is 14.7. The van der Waals surface area contributed by atoms with Crippen molar-refractivity contribution in [3.05, 3.63) is 23.8 Å². The Morgan fingerprint density at radius 1 is 1.30 bits per heavy atom. The van der Waals surface area contributed by atoms with E-state index in [4.69, 9.17) is 5.73 Å². The third-order valence-corrected chi connectivity index (χ3v) is 4.04. The Morgan fingerprint density at radius 2 is 2.05 bits per heavy atom. The summed E-state index contributed by atoms with van der Waals surface area (Å²) < 4.78 is 0. The van der Waals surface area contributed by atoms with Gasteiger partial charge in [-0.15, -0.1) is 0 Å². The molecule has 1 aromatic carbocycles. The fraction of sp³-hybridized carbons (Fsp3) is 0.562. The van der Waals surface area contributed by atoms with Gasteiger partial charge in [-0.2, -0.15) is 0 Å². The average Bonchev–Trinajstić information content (AvgIpc) is 2.63. The van der Waals surface area contributed by atoms with Gasteiger partial charge in [0, 0.05) is 32.7 Å². The maximum absolute atomic E-state index is 12.1. The minimum absolute atomic E-state index is 0.0226. The van der Waals surface area contributed by atoms with Crippen LogP contribution in [-0.2, 0) is 0 Å². The molecular formula is C16H25N3O. The lowest BCUT2D eigenvalue weighted by Crippen LogP contribution is -2.26. The number of hydrogen-bond donors (Lipinski definition) is 1. The summed E-state index contributed by atoms with van der Waals surface area (Å²) >= 11 is 0. The summed E-state index contributed by atoms with van der Waals surface area (Å²) in [4.78, 5) is 16.0. The molecule has 1 heterocycles. The van der Waals surface area contributed by atoms with Crippen molar-refractivity contribution in [1.29, 1.82) is 0 Å². The Hall–Kier alpha value is -1.71. The largest absolute Gasteiger partial charge is 0.397 e. The van der Waals surface area contributed by atoms with E-state index in [0.717, 1.165) is 30.4 Å². The van der Waals surface area contributed by atoms with Gasteiger partial charge in [-0.1, -0.05) is 6.92 Å². The van der Waals surface area contributed by atoms with Gasteiger partial charge in [0.25, 0.3) is 5.91 Å². The second-order valence-electron chi connectivity index (χ2n) is 6.00. The maximum Gasteiger partial charge on any atom is 0.253 e. The van der Waals surface area contributed by atoms with Crippen LogP contribution in [0.3, 0.4) is 0 Å². The summed E-state index contributed by atoms with van der Waals surface area (Å²) in [5.74, 6) is 0.794. The predicted molar refractivity (Wildman–Crippen MR) is 84.1 cm³/mol. The third-order valence-electron chi connectivity index (χ3n) is 4.04. The van der Waals surface area contributed by atoms with Crippen molar-refractivity contribution >= 4 is 17.3 Å². The molecule has 1 unspecified atom stereocenters. The molecule has 1 aliphatic heterocycles. The molecule has 1 saturated heterocycles. The normalized spacial score (nSPS) is 19.6. The first-order valence-electron chi connectivity index (χ1n) is 7.35. The summed E-state index contributed by atoms with van der Waals surface area (Å²) in [7, 11) is 3.54. The number of nitrogen functional groups attached to an aromatic ring is 1. The average molecular weight is 275 g/mol. The van der Waals surface area contributed by atoms with Gasteiger partial charge in [0.1, 0.15) is 0 Å². The van der Waals surface area contributed by atoms with Gasteiger partial charge in [-0.3, -0.25) is 4.79 Å². The summed E-state index contributed by atoms with van der Waals surface area (Å²) in [5.41, 5.74) is 8.59. The first-order valence-corrected chi connectivity index (χ1v) is 7.35.